The smallest absolute Gasteiger partial charge is 0.107 e. The lowest BCUT2D eigenvalue weighted by atomic mass is 9.68. The first-order chi connectivity index (χ1) is 12.3. The minimum absolute atomic E-state index is 0.227. The molecular formula is C25H33+. The molecule has 0 bridgehead atoms. The van der Waals surface area contributed by atoms with Crippen LogP contribution in [0.5, 0.6) is 0 Å². The summed E-state index contributed by atoms with van der Waals surface area (Å²) in [5, 5.41) is 0. The minimum Gasteiger partial charge on any atom is -0.124 e. The van der Waals surface area contributed by atoms with Crippen molar-refractivity contribution < 1.29 is 0 Å². The minimum atomic E-state index is 0.227. The molecule has 0 heterocycles. The normalized spacial score (nSPS) is 19.4. The first-order valence-electron chi connectivity index (χ1n) is 10.5. The van der Waals surface area contributed by atoms with Crippen molar-refractivity contribution in [2.24, 2.45) is 5.41 Å². The Balaban J connectivity index is 1.90. The molecular weight excluding hydrogens is 300 g/mol. The van der Waals surface area contributed by atoms with Gasteiger partial charge < -0.3 is 0 Å². The van der Waals surface area contributed by atoms with Crippen LogP contribution in [-0.4, -0.2) is 0 Å². The topological polar surface area (TPSA) is 0 Å². The number of hydrogen-bond acceptors (Lipinski definition) is 0. The standard InChI is InChI=1S/C25H33/c1-3-5-7-13-19-25(20-14-8-6-4-2)23-17-11-9-15-21(23)22-16-10-12-18-24(22)25/h9-10,15,17-18H,3-8,13-14,16,19-20H2,1-2H3/q+1. The highest BCUT2D eigenvalue weighted by Crippen LogP contribution is 2.56. The zero-order valence-corrected chi connectivity index (χ0v) is 16.2. The van der Waals surface area contributed by atoms with E-state index in [2.05, 4.69) is 56.0 Å². The van der Waals surface area contributed by atoms with Gasteiger partial charge in [0.05, 0.1) is 22.6 Å². The summed E-state index contributed by atoms with van der Waals surface area (Å²) in [6, 6.07) is 0. The molecule has 0 spiro atoms. The van der Waals surface area contributed by atoms with E-state index in [0.717, 1.165) is 6.42 Å². The molecule has 0 fully saturated rings. The summed E-state index contributed by atoms with van der Waals surface area (Å²) in [5.41, 5.74) is 9.85. The predicted molar refractivity (Wildman–Crippen MR) is 108 cm³/mol. The molecule has 0 aromatic rings. The van der Waals surface area contributed by atoms with Gasteiger partial charge in [-0.2, -0.15) is 0 Å². The lowest BCUT2D eigenvalue weighted by Crippen LogP contribution is -2.24. The molecule has 0 aromatic heterocycles. The van der Waals surface area contributed by atoms with Crippen molar-refractivity contribution in [2.45, 2.75) is 84.5 Å². The molecule has 3 aliphatic carbocycles. The van der Waals surface area contributed by atoms with Crippen LogP contribution in [0.15, 0.2) is 58.4 Å². The Hall–Kier alpha value is -1.61. The average Bonchev–Trinajstić information content (AvgIpc) is 2.94. The summed E-state index contributed by atoms with van der Waals surface area (Å²) < 4.78 is 0. The summed E-state index contributed by atoms with van der Waals surface area (Å²) in [6.45, 7) is 4.60. The Morgan fingerprint density at radius 3 is 2.36 bits per heavy atom. The highest BCUT2D eigenvalue weighted by molar-refractivity contribution is 5.66. The third kappa shape index (κ3) is 3.67. The number of hydrogen-bond donors (Lipinski definition) is 0. The maximum atomic E-state index is 3.43. The van der Waals surface area contributed by atoms with Gasteiger partial charge in [-0.05, 0) is 36.1 Å². The largest absolute Gasteiger partial charge is 0.124 e. The molecule has 0 amide bonds. The van der Waals surface area contributed by atoms with Crippen molar-refractivity contribution >= 4 is 0 Å². The van der Waals surface area contributed by atoms with Crippen molar-refractivity contribution in [3.05, 3.63) is 64.5 Å². The summed E-state index contributed by atoms with van der Waals surface area (Å²) in [4.78, 5) is 0. The summed E-state index contributed by atoms with van der Waals surface area (Å²) in [7, 11) is 0. The van der Waals surface area contributed by atoms with E-state index >= 15 is 0 Å². The van der Waals surface area contributed by atoms with Gasteiger partial charge in [-0.1, -0.05) is 65.2 Å². The second kappa shape index (κ2) is 8.66. The van der Waals surface area contributed by atoms with Crippen LogP contribution >= 0.6 is 0 Å². The SMILES string of the molecule is CCCCCCC1(CCCCCC)C2=C(C=C[C+]=C2)C2=C1C=C=CC2. The van der Waals surface area contributed by atoms with Crippen LogP contribution in [0.1, 0.15) is 84.5 Å². The Kier molecular flexibility index (Phi) is 6.30. The van der Waals surface area contributed by atoms with Gasteiger partial charge in [0.25, 0.3) is 0 Å². The monoisotopic (exact) mass is 333 g/mol. The van der Waals surface area contributed by atoms with Crippen LogP contribution in [0, 0.1) is 11.5 Å². The summed E-state index contributed by atoms with van der Waals surface area (Å²) in [6.07, 6.45) is 29.0. The molecule has 0 heteroatoms. The number of fused-ring (bicyclic) bond motifs is 1. The zero-order chi connectivity index (χ0) is 17.5. The first-order valence-corrected chi connectivity index (χ1v) is 10.5. The Morgan fingerprint density at radius 2 is 1.68 bits per heavy atom. The molecule has 132 valence electrons. The van der Waals surface area contributed by atoms with E-state index in [1.54, 1.807) is 16.7 Å². The number of unbranched alkanes of at least 4 members (excludes halogenated alkanes) is 6. The Bertz CT molecular complexity index is 644. The lowest BCUT2D eigenvalue weighted by Gasteiger charge is -2.31. The molecule has 25 heavy (non-hydrogen) atoms. The first kappa shape index (κ1) is 18.2. The molecule has 0 atom stereocenters. The quantitative estimate of drug-likeness (QED) is 0.220. The van der Waals surface area contributed by atoms with Gasteiger partial charge in [0.2, 0.25) is 0 Å². The number of rotatable bonds is 10. The molecule has 0 unspecified atom stereocenters. The van der Waals surface area contributed by atoms with Crippen molar-refractivity contribution in [3.8, 4) is 0 Å². The molecule has 3 rings (SSSR count). The van der Waals surface area contributed by atoms with E-state index in [1.165, 1.54) is 69.8 Å². The highest BCUT2D eigenvalue weighted by atomic mass is 14.5. The molecule has 0 saturated carbocycles. The fourth-order valence-electron chi connectivity index (χ4n) is 4.79. The molecule has 0 aromatic carbocycles. The van der Waals surface area contributed by atoms with Gasteiger partial charge in [-0.3, -0.25) is 0 Å². The van der Waals surface area contributed by atoms with Gasteiger partial charge in [0.15, 0.2) is 0 Å². The van der Waals surface area contributed by atoms with Crippen molar-refractivity contribution in [2.75, 3.05) is 0 Å². The van der Waals surface area contributed by atoms with Crippen LogP contribution in [0.2, 0.25) is 0 Å². The lowest BCUT2D eigenvalue weighted by molar-refractivity contribution is 0.348. The summed E-state index contributed by atoms with van der Waals surface area (Å²) in [5.74, 6) is 0. The Morgan fingerprint density at radius 1 is 0.960 bits per heavy atom. The second-order valence-corrected chi connectivity index (χ2v) is 7.79. The highest BCUT2D eigenvalue weighted by Gasteiger charge is 2.48. The van der Waals surface area contributed by atoms with Gasteiger partial charge in [-0.25, -0.2) is 0 Å². The van der Waals surface area contributed by atoms with Crippen molar-refractivity contribution in [3.63, 3.8) is 0 Å². The van der Waals surface area contributed by atoms with E-state index in [9.17, 15) is 0 Å². The zero-order valence-electron chi connectivity index (χ0n) is 16.2. The average molecular weight is 334 g/mol. The van der Waals surface area contributed by atoms with E-state index < -0.39 is 0 Å². The third-order valence-corrected chi connectivity index (χ3v) is 6.11. The molecule has 0 nitrogen and oxygen atoms in total. The Labute approximate surface area is 154 Å². The maximum Gasteiger partial charge on any atom is 0.107 e. The van der Waals surface area contributed by atoms with Crippen molar-refractivity contribution in [1.29, 1.82) is 0 Å². The fraction of sp³-hybridized carbons (Fsp3) is 0.560. The van der Waals surface area contributed by atoms with Crippen LogP contribution < -0.4 is 0 Å². The van der Waals surface area contributed by atoms with E-state index in [-0.39, 0.29) is 5.41 Å². The second-order valence-electron chi connectivity index (χ2n) is 7.79. The maximum absolute atomic E-state index is 3.43. The van der Waals surface area contributed by atoms with Gasteiger partial charge in [-0.15, -0.1) is 5.73 Å². The van der Waals surface area contributed by atoms with Crippen LogP contribution in [0.4, 0.5) is 0 Å². The van der Waals surface area contributed by atoms with E-state index in [0.29, 0.717) is 0 Å². The van der Waals surface area contributed by atoms with E-state index in [1.807, 2.05) is 0 Å². The van der Waals surface area contributed by atoms with Crippen molar-refractivity contribution in [1.82, 2.24) is 0 Å². The molecule has 0 aliphatic heterocycles. The molecule has 0 radical (unpaired) electrons. The van der Waals surface area contributed by atoms with Crippen LogP contribution in [0.25, 0.3) is 0 Å². The third-order valence-electron chi connectivity index (χ3n) is 6.11. The van der Waals surface area contributed by atoms with E-state index in [4.69, 9.17) is 0 Å². The van der Waals surface area contributed by atoms with Gasteiger partial charge in [0.1, 0.15) is 12.2 Å². The van der Waals surface area contributed by atoms with Crippen LogP contribution in [0.3, 0.4) is 0 Å². The fourth-order valence-corrected chi connectivity index (χ4v) is 4.79. The van der Waals surface area contributed by atoms with Crippen LogP contribution in [-0.2, 0) is 0 Å². The van der Waals surface area contributed by atoms with Gasteiger partial charge >= 0.3 is 0 Å². The molecule has 3 aliphatic rings. The van der Waals surface area contributed by atoms with Gasteiger partial charge in [0, 0.05) is 12.5 Å². The molecule has 0 N–H and O–H groups in total. The summed E-state index contributed by atoms with van der Waals surface area (Å²) >= 11 is 0. The predicted octanol–water partition coefficient (Wildman–Crippen LogP) is 7.56. The molecule has 0 saturated heterocycles. The number of allylic oxidation sites excluding steroid dienone is 9.